The second-order valence-corrected chi connectivity index (χ2v) is 3.04. The van der Waals surface area contributed by atoms with Crippen molar-refractivity contribution in [3.05, 3.63) is 54.6 Å². The number of benzene rings is 2. The van der Waals surface area contributed by atoms with E-state index in [1.165, 1.54) is 0 Å². The smallest absolute Gasteiger partial charge is 0.115 e. The summed E-state index contributed by atoms with van der Waals surface area (Å²) in [4.78, 5) is 0. The maximum absolute atomic E-state index is 9.09. The Bertz CT molecular complexity index is 400. The number of para-hydroxylation sites is 1. The number of aromatic hydroxyl groups is 1. The molecule has 0 unspecified atom stereocenters. The monoisotopic (exact) mass is 275 g/mol. The van der Waals surface area contributed by atoms with Crippen LogP contribution in [0.1, 0.15) is 0 Å². The van der Waals surface area contributed by atoms with Gasteiger partial charge >= 0.3 is 0 Å². The van der Waals surface area contributed by atoms with Crippen molar-refractivity contribution in [2.24, 2.45) is 0 Å². The summed E-state index contributed by atoms with van der Waals surface area (Å²) in [5.74, 6) is 0.281. The van der Waals surface area contributed by atoms with Crippen molar-refractivity contribution in [1.82, 2.24) is 0 Å². The Hall–Kier alpha value is -1.08. The van der Waals surface area contributed by atoms with E-state index in [-0.39, 0.29) is 32.0 Å². The minimum absolute atomic E-state index is 0. The zero-order chi connectivity index (χ0) is 9.80. The molecule has 74 valence electrons. The zero-order valence-corrected chi connectivity index (χ0v) is 10.6. The minimum Gasteiger partial charge on any atom is -0.508 e. The Balaban J connectivity index is 0.00000112. The van der Waals surface area contributed by atoms with E-state index in [9.17, 15) is 0 Å². The molecule has 0 spiro atoms. The molecule has 0 radical (unpaired) electrons. The van der Waals surface area contributed by atoms with Crippen LogP contribution in [0.25, 0.3) is 0 Å². The van der Waals surface area contributed by atoms with Gasteiger partial charge in [-0.25, -0.2) is 0 Å². The van der Waals surface area contributed by atoms with Crippen LogP contribution in [0.15, 0.2) is 54.6 Å². The molecular formula is C12H11NOZr. The predicted octanol–water partition coefficient (Wildman–Crippen LogP) is 3.13. The number of anilines is 2. The first-order chi connectivity index (χ1) is 6.84. The van der Waals surface area contributed by atoms with Crippen LogP contribution in [0, 0.1) is 0 Å². The molecule has 0 saturated heterocycles. The molecule has 2 rings (SSSR count). The van der Waals surface area contributed by atoms with Crippen molar-refractivity contribution in [2.75, 3.05) is 5.32 Å². The first-order valence-corrected chi connectivity index (χ1v) is 4.46. The summed E-state index contributed by atoms with van der Waals surface area (Å²) in [6.45, 7) is 0. The Labute approximate surface area is 108 Å². The molecule has 3 heteroatoms. The number of rotatable bonds is 2. The molecule has 0 aromatic heterocycles. The molecule has 0 fully saturated rings. The number of hydrogen-bond donors (Lipinski definition) is 2. The van der Waals surface area contributed by atoms with Crippen molar-refractivity contribution >= 4 is 11.4 Å². The molecule has 0 bridgehead atoms. The summed E-state index contributed by atoms with van der Waals surface area (Å²) in [7, 11) is 0. The summed E-state index contributed by atoms with van der Waals surface area (Å²) in [5.41, 5.74) is 2.01. The summed E-state index contributed by atoms with van der Waals surface area (Å²) in [6.07, 6.45) is 0. The molecule has 0 aliphatic heterocycles. The third kappa shape index (κ3) is 3.52. The normalized spacial score (nSPS) is 9.07. The largest absolute Gasteiger partial charge is 0.508 e. The van der Waals surface area contributed by atoms with E-state index >= 15 is 0 Å². The Kier molecular flexibility index (Phi) is 4.57. The first-order valence-electron chi connectivity index (χ1n) is 4.46. The van der Waals surface area contributed by atoms with Crippen LogP contribution in [0.3, 0.4) is 0 Å². The second-order valence-electron chi connectivity index (χ2n) is 3.04. The fourth-order valence-electron chi connectivity index (χ4n) is 1.23. The van der Waals surface area contributed by atoms with Gasteiger partial charge in [-0.2, -0.15) is 0 Å². The van der Waals surface area contributed by atoms with Crippen molar-refractivity contribution in [1.29, 1.82) is 0 Å². The van der Waals surface area contributed by atoms with Gasteiger partial charge in [0.25, 0.3) is 0 Å². The molecular weight excluding hydrogens is 265 g/mol. The van der Waals surface area contributed by atoms with Gasteiger partial charge in [0, 0.05) is 37.6 Å². The van der Waals surface area contributed by atoms with E-state index in [4.69, 9.17) is 5.11 Å². The molecule has 0 atom stereocenters. The standard InChI is InChI=1S/C12H11NO.Zr/c14-12-8-6-11(7-9-12)13-10-4-2-1-3-5-10;/h1-9,13-14H;. The Morgan fingerprint density at radius 2 is 1.27 bits per heavy atom. The fourth-order valence-corrected chi connectivity index (χ4v) is 1.23. The van der Waals surface area contributed by atoms with Crippen LogP contribution < -0.4 is 5.32 Å². The molecule has 2 aromatic rings. The van der Waals surface area contributed by atoms with Crippen LogP contribution in [0.2, 0.25) is 0 Å². The second kappa shape index (κ2) is 5.72. The van der Waals surface area contributed by atoms with E-state index < -0.39 is 0 Å². The van der Waals surface area contributed by atoms with Gasteiger partial charge in [-0.15, -0.1) is 0 Å². The molecule has 0 saturated carbocycles. The molecule has 15 heavy (non-hydrogen) atoms. The summed E-state index contributed by atoms with van der Waals surface area (Å²) in [6, 6.07) is 16.9. The predicted molar refractivity (Wildman–Crippen MR) is 57.8 cm³/mol. The number of nitrogens with one attached hydrogen (secondary N) is 1. The van der Waals surface area contributed by atoms with Crippen LogP contribution in [-0.4, -0.2) is 5.11 Å². The van der Waals surface area contributed by atoms with Crippen LogP contribution in [0.4, 0.5) is 11.4 Å². The summed E-state index contributed by atoms with van der Waals surface area (Å²) < 4.78 is 0. The topological polar surface area (TPSA) is 32.3 Å². The van der Waals surface area contributed by atoms with Crippen molar-refractivity contribution in [2.45, 2.75) is 0 Å². The van der Waals surface area contributed by atoms with Crippen LogP contribution in [-0.2, 0) is 26.2 Å². The molecule has 2 aromatic carbocycles. The van der Waals surface area contributed by atoms with E-state index in [1.807, 2.05) is 42.5 Å². The van der Waals surface area contributed by atoms with E-state index in [0.29, 0.717) is 0 Å². The van der Waals surface area contributed by atoms with Crippen LogP contribution >= 0.6 is 0 Å². The van der Waals surface area contributed by atoms with Gasteiger partial charge in [-0.05, 0) is 36.4 Å². The third-order valence-corrected chi connectivity index (χ3v) is 1.93. The number of hydrogen-bond acceptors (Lipinski definition) is 2. The summed E-state index contributed by atoms with van der Waals surface area (Å²) in [5, 5.41) is 12.3. The average Bonchev–Trinajstić information content (AvgIpc) is 2.23. The van der Waals surface area contributed by atoms with Crippen molar-refractivity contribution in [3.63, 3.8) is 0 Å². The van der Waals surface area contributed by atoms with Crippen LogP contribution in [0.5, 0.6) is 5.75 Å². The van der Waals surface area contributed by atoms with Gasteiger partial charge in [0.1, 0.15) is 5.75 Å². The van der Waals surface area contributed by atoms with Gasteiger partial charge in [-0.3, -0.25) is 0 Å². The quantitative estimate of drug-likeness (QED) is 0.826. The SMILES string of the molecule is Oc1ccc(Nc2ccccc2)cc1.[Zr]. The van der Waals surface area contributed by atoms with Gasteiger partial charge < -0.3 is 10.4 Å². The van der Waals surface area contributed by atoms with Crippen molar-refractivity contribution < 1.29 is 31.3 Å². The molecule has 0 heterocycles. The van der Waals surface area contributed by atoms with Crippen molar-refractivity contribution in [3.8, 4) is 5.75 Å². The van der Waals surface area contributed by atoms with Gasteiger partial charge in [0.2, 0.25) is 0 Å². The number of phenolic OH excluding ortho intramolecular Hbond substituents is 1. The number of phenols is 1. The molecule has 0 amide bonds. The first kappa shape index (κ1) is 12.0. The molecule has 0 aliphatic rings. The molecule has 2 nitrogen and oxygen atoms in total. The van der Waals surface area contributed by atoms with E-state index in [2.05, 4.69) is 5.32 Å². The summed E-state index contributed by atoms with van der Waals surface area (Å²) >= 11 is 0. The van der Waals surface area contributed by atoms with Gasteiger partial charge in [0.15, 0.2) is 0 Å². The molecule has 2 N–H and O–H groups in total. The zero-order valence-electron chi connectivity index (χ0n) is 8.14. The Morgan fingerprint density at radius 1 is 0.733 bits per heavy atom. The minimum atomic E-state index is 0. The molecule has 0 aliphatic carbocycles. The fraction of sp³-hybridized carbons (Fsp3) is 0. The third-order valence-electron chi connectivity index (χ3n) is 1.93. The maximum Gasteiger partial charge on any atom is 0.115 e. The van der Waals surface area contributed by atoms with E-state index in [0.717, 1.165) is 11.4 Å². The maximum atomic E-state index is 9.09. The van der Waals surface area contributed by atoms with E-state index in [1.54, 1.807) is 12.1 Å². The van der Waals surface area contributed by atoms with Gasteiger partial charge in [-0.1, -0.05) is 18.2 Å². The van der Waals surface area contributed by atoms with Gasteiger partial charge in [0.05, 0.1) is 0 Å². The Morgan fingerprint density at radius 3 is 1.87 bits per heavy atom. The average molecular weight is 276 g/mol.